The first-order chi connectivity index (χ1) is 11.0. The zero-order valence-corrected chi connectivity index (χ0v) is 13.8. The minimum atomic E-state index is -0.108. The van der Waals surface area contributed by atoms with E-state index >= 15 is 0 Å². The number of nitrogens with one attached hydrogen (secondary N) is 1. The van der Waals surface area contributed by atoms with Gasteiger partial charge in [0.05, 0.1) is 14.2 Å². The highest BCUT2D eigenvalue weighted by Gasteiger charge is 2.08. The topological polar surface area (TPSA) is 47.6 Å². The molecule has 2 aromatic rings. The number of allylic oxidation sites excluding steroid dienone is 1. The van der Waals surface area contributed by atoms with Crippen molar-refractivity contribution in [2.45, 2.75) is 13.8 Å². The van der Waals surface area contributed by atoms with Gasteiger partial charge in [0.2, 0.25) is 0 Å². The lowest BCUT2D eigenvalue weighted by atomic mass is 10.1. The minimum Gasteiger partial charge on any atom is -0.493 e. The summed E-state index contributed by atoms with van der Waals surface area (Å²) >= 11 is 0. The summed E-state index contributed by atoms with van der Waals surface area (Å²) < 4.78 is 10.4. The van der Waals surface area contributed by atoms with Gasteiger partial charge in [-0.15, -0.1) is 0 Å². The highest BCUT2D eigenvalue weighted by Crippen LogP contribution is 2.27. The van der Waals surface area contributed by atoms with Gasteiger partial charge in [-0.1, -0.05) is 12.1 Å². The third-order valence-electron chi connectivity index (χ3n) is 3.53. The Labute approximate surface area is 136 Å². The van der Waals surface area contributed by atoms with Crippen molar-refractivity contribution in [1.82, 2.24) is 0 Å². The van der Waals surface area contributed by atoms with Crippen LogP contribution >= 0.6 is 0 Å². The van der Waals surface area contributed by atoms with Gasteiger partial charge in [-0.3, -0.25) is 4.79 Å². The maximum absolute atomic E-state index is 12.2. The molecule has 0 spiro atoms. The van der Waals surface area contributed by atoms with E-state index in [9.17, 15) is 4.79 Å². The Balaban J connectivity index is 2.11. The first-order valence-electron chi connectivity index (χ1n) is 7.32. The van der Waals surface area contributed by atoms with Crippen molar-refractivity contribution in [3.8, 4) is 11.5 Å². The highest BCUT2D eigenvalue weighted by atomic mass is 16.5. The molecule has 0 amide bonds. The molecule has 0 saturated heterocycles. The van der Waals surface area contributed by atoms with Crippen molar-refractivity contribution < 1.29 is 14.3 Å². The van der Waals surface area contributed by atoms with E-state index in [1.807, 2.05) is 26.0 Å². The van der Waals surface area contributed by atoms with Crippen molar-refractivity contribution in [1.29, 1.82) is 0 Å². The van der Waals surface area contributed by atoms with Gasteiger partial charge in [0.1, 0.15) is 0 Å². The molecule has 1 N–H and O–H groups in total. The number of ketones is 1. The fraction of sp³-hybridized carbons (Fsp3) is 0.211. The fourth-order valence-electron chi connectivity index (χ4n) is 2.18. The lowest BCUT2D eigenvalue weighted by Crippen LogP contribution is -1.99. The molecule has 0 atom stereocenters. The predicted molar refractivity (Wildman–Crippen MR) is 92.6 cm³/mol. The Hall–Kier alpha value is -2.75. The molecule has 0 aliphatic rings. The van der Waals surface area contributed by atoms with Crippen LogP contribution < -0.4 is 14.8 Å². The van der Waals surface area contributed by atoms with Gasteiger partial charge in [0, 0.05) is 23.5 Å². The van der Waals surface area contributed by atoms with Gasteiger partial charge < -0.3 is 14.8 Å². The third kappa shape index (κ3) is 4.13. The van der Waals surface area contributed by atoms with Gasteiger partial charge in [-0.05, 0) is 49.2 Å². The summed E-state index contributed by atoms with van der Waals surface area (Å²) in [6, 6.07) is 11.2. The lowest BCUT2D eigenvalue weighted by molar-refractivity contribution is 0.104. The molecular weight excluding hydrogens is 290 g/mol. The Morgan fingerprint density at radius 2 is 1.74 bits per heavy atom. The molecular formula is C19H21NO3. The van der Waals surface area contributed by atoms with E-state index in [4.69, 9.17) is 9.47 Å². The zero-order valence-electron chi connectivity index (χ0n) is 13.8. The summed E-state index contributed by atoms with van der Waals surface area (Å²) in [4.78, 5) is 12.2. The number of carbonyl (C=O) groups is 1. The maximum atomic E-state index is 12.2. The molecule has 0 radical (unpaired) electrons. The van der Waals surface area contributed by atoms with Crippen LogP contribution in [0.15, 0.2) is 48.7 Å². The summed E-state index contributed by atoms with van der Waals surface area (Å²) in [5.74, 6) is 1.03. The number of benzene rings is 2. The van der Waals surface area contributed by atoms with Crippen molar-refractivity contribution in [2.24, 2.45) is 0 Å². The number of rotatable bonds is 6. The van der Waals surface area contributed by atoms with Crippen LogP contribution in [0.3, 0.4) is 0 Å². The van der Waals surface area contributed by atoms with Crippen LogP contribution in [0.2, 0.25) is 0 Å². The third-order valence-corrected chi connectivity index (χ3v) is 3.53. The molecule has 4 nitrogen and oxygen atoms in total. The number of anilines is 1. The molecule has 2 aromatic carbocycles. The highest BCUT2D eigenvalue weighted by molar-refractivity contribution is 6.05. The standard InChI is InChI=1S/C19H21NO3/c1-13-5-6-14(2)16(11-13)20-10-9-17(21)15-7-8-18(22-3)19(12-15)23-4/h5-12,20H,1-4H3. The minimum absolute atomic E-state index is 0.108. The molecule has 4 heteroatoms. The van der Waals surface area contributed by atoms with Gasteiger partial charge in [-0.25, -0.2) is 0 Å². The number of hydrogen-bond acceptors (Lipinski definition) is 4. The van der Waals surface area contributed by atoms with Crippen LogP contribution in [-0.4, -0.2) is 20.0 Å². The summed E-state index contributed by atoms with van der Waals surface area (Å²) in [5.41, 5.74) is 3.82. The van der Waals surface area contributed by atoms with E-state index in [0.717, 1.165) is 16.8 Å². The number of hydrogen-bond donors (Lipinski definition) is 1. The molecule has 0 bridgehead atoms. The number of carbonyl (C=O) groups excluding carboxylic acids is 1. The van der Waals surface area contributed by atoms with Gasteiger partial charge in [-0.2, -0.15) is 0 Å². The molecule has 0 unspecified atom stereocenters. The molecule has 0 saturated carbocycles. The van der Waals surface area contributed by atoms with E-state index in [-0.39, 0.29) is 5.78 Å². The lowest BCUT2D eigenvalue weighted by Gasteiger charge is -2.08. The Kier molecular flexibility index (Phi) is 5.41. The largest absolute Gasteiger partial charge is 0.493 e. The Morgan fingerprint density at radius 1 is 1.00 bits per heavy atom. The van der Waals surface area contributed by atoms with Crippen LogP contribution in [0.5, 0.6) is 11.5 Å². The average molecular weight is 311 g/mol. The van der Waals surface area contributed by atoms with Crippen LogP contribution in [0.1, 0.15) is 21.5 Å². The van der Waals surface area contributed by atoms with Crippen molar-refractivity contribution in [2.75, 3.05) is 19.5 Å². The average Bonchev–Trinajstić information content (AvgIpc) is 2.57. The molecule has 0 aliphatic heterocycles. The summed E-state index contributed by atoms with van der Waals surface area (Å²) in [5, 5.41) is 3.15. The molecule has 120 valence electrons. The van der Waals surface area contributed by atoms with E-state index in [2.05, 4.69) is 11.4 Å². The Morgan fingerprint density at radius 3 is 2.43 bits per heavy atom. The van der Waals surface area contributed by atoms with Gasteiger partial charge >= 0.3 is 0 Å². The molecule has 0 aromatic heterocycles. The first-order valence-corrected chi connectivity index (χ1v) is 7.32. The van der Waals surface area contributed by atoms with Crippen molar-refractivity contribution in [3.05, 3.63) is 65.4 Å². The van der Waals surface area contributed by atoms with E-state index in [0.29, 0.717) is 17.1 Å². The smallest absolute Gasteiger partial charge is 0.187 e. The zero-order chi connectivity index (χ0) is 16.8. The molecule has 23 heavy (non-hydrogen) atoms. The Bertz CT molecular complexity index is 735. The normalized spacial score (nSPS) is 10.6. The summed E-state index contributed by atoms with van der Waals surface area (Å²) in [6.45, 7) is 4.05. The van der Waals surface area contributed by atoms with Crippen LogP contribution in [0.4, 0.5) is 5.69 Å². The van der Waals surface area contributed by atoms with Crippen LogP contribution in [0.25, 0.3) is 0 Å². The molecule has 0 aliphatic carbocycles. The maximum Gasteiger partial charge on any atom is 0.187 e. The van der Waals surface area contributed by atoms with E-state index in [1.54, 1.807) is 38.6 Å². The first kappa shape index (κ1) is 16.6. The molecule has 2 rings (SSSR count). The molecule has 0 heterocycles. The summed E-state index contributed by atoms with van der Waals surface area (Å²) in [7, 11) is 3.11. The number of methoxy groups -OCH3 is 2. The quantitative estimate of drug-likeness (QED) is 0.643. The second-order valence-corrected chi connectivity index (χ2v) is 5.23. The SMILES string of the molecule is COc1ccc(C(=O)C=CNc2cc(C)ccc2C)cc1OC. The second kappa shape index (κ2) is 7.49. The van der Waals surface area contributed by atoms with Crippen LogP contribution in [0, 0.1) is 13.8 Å². The number of aryl methyl sites for hydroxylation is 2. The van der Waals surface area contributed by atoms with Crippen molar-refractivity contribution >= 4 is 11.5 Å². The summed E-state index contributed by atoms with van der Waals surface area (Å²) in [6.07, 6.45) is 3.16. The van der Waals surface area contributed by atoms with E-state index < -0.39 is 0 Å². The monoisotopic (exact) mass is 311 g/mol. The second-order valence-electron chi connectivity index (χ2n) is 5.23. The predicted octanol–water partition coefficient (Wildman–Crippen LogP) is 4.13. The molecule has 0 fully saturated rings. The van der Waals surface area contributed by atoms with Gasteiger partial charge in [0.15, 0.2) is 17.3 Å². The number of ether oxygens (including phenoxy) is 2. The van der Waals surface area contributed by atoms with Crippen LogP contribution in [-0.2, 0) is 0 Å². The van der Waals surface area contributed by atoms with E-state index in [1.165, 1.54) is 6.08 Å². The van der Waals surface area contributed by atoms with Crippen molar-refractivity contribution in [3.63, 3.8) is 0 Å². The van der Waals surface area contributed by atoms with Gasteiger partial charge in [0.25, 0.3) is 0 Å². The fourth-order valence-corrected chi connectivity index (χ4v) is 2.18.